The highest BCUT2D eigenvalue weighted by atomic mass is 16.1. The van der Waals surface area contributed by atoms with E-state index in [9.17, 15) is 4.79 Å². The number of rotatable bonds is 5. The summed E-state index contributed by atoms with van der Waals surface area (Å²) in [6.07, 6.45) is 3.36. The third-order valence-corrected chi connectivity index (χ3v) is 4.33. The summed E-state index contributed by atoms with van der Waals surface area (Å²) >= 11 is 0. The molecule has 0 spiro atoms. The Bertz CT molecular complexity index is 1020. The zero-order valence-electron chi connectivity index (χ0n) is 14.7. The fraction of sp³-hybridized carbons (Fsp3) is 0.0435. The van der Waals surface area contributed by atoms with E-state index in [1.165, 1.54) is 0 Å². The van der Waals surface area contributed by atoms with Crippen LogP contribution in [0.5, 0.6) is 0 Å². The van der Waals surface area contributed by atoms with Gasteiger partial charge < -0.3 is 5.32 Å². The van der Waals surface area contributed by atoms with Gasteiger partial charge in [-0.05, 0) is 28.8 Å². The predicted octanol–water partition coefficient (Wildman–Crippen LogP) is 4.85. The van der Waals surface area contributed by atoms with E-state index in [1.54, 1.807) is 17.1 Å². The van der Waals surface area contributed by atoms with Crippen LogP contribution in [-0.2, 0) is 6.54 Å². The van der Waals surface area contributed by atoms with Gasteiger partial charge in [0.05, 0.1) is 18.3 Å². The number of carbonyl (C=O) groups is 1. The van der Waals surface area contributed by atoms with Gasteiger partial charge in [-0.15, -0.1) is 0 Å². The molecule has 0 saturated carbocycles. The molecule has 0 aliphatic rings. The molecule has 4 heteroatoms. The van der Waals surface area contributed by atoms with E-state index < -0.39 is 0 Å². The highest BCUT2D eigenvalue weighted by Crippen LogP contribution is 2.21. The molecule has 0 atom stereocenters. The number of anilines is 1. The molecule has 0 aliphatic heterocycles. The number of nitrogens with one attached hydrogen (secondary N) is 1. The summed E-state index contributed by atoms with van der Waals surface area (Å²) in [6, 6.07) is 28.0. The first-order chi connectivity index (χ1) is 13.3. The lowest BCUT2D eigenvalue weighted by Crippen LogP contribution is -2.11. The van der Waals surface area contributed by atoms with Gasteiger partial charge in [-0.2, -0.15) is 5.10 Å². The maximum atomic E-state index is 12.5. The van der Waals surface area contributed by atoms with Crippen molar-refractivity contribution in [2.45, 2.75) is 6.54 Å². The van der Waals surface area contributed by atoms with E-state index in [0.29, 0.717) is 12.1 Å². The van der Waals surface area contributed by atoms with Crippen LogP contribution in [0.1, 0.15) is 15.9 Å². The standard InChI is InChI=1S/C23H19N3O/c27-23(21-15-24-26(17-21)16-18-7-3-1-4-8-18)25-22-13-11-20(12-14-22)19-9-5-2-6-10-19/h1-15,17H,16H2,(H,25,27). The first-order valence-corrected chi connectivity index (χ1v) is 8.81. The van der Waals surface area contributed by atoms with Crippen LogP contribution in [0.25, 0.3) is 11.1 Å². The van der Waals surface area contributed by atoms with Gasteiger partial charge in [0.1, 0.15) is 0 Å². The molecule has 1 aromatic heterocycles. The molecule has 3 aromatic carbocycles. The Hall–Kier alpha value is -3.66. The molecule has 0 saturated heterocycles. The van der Waals surface area contributed by atoms with E-state index in [4.69, 9.17) is 0 Å². The average molecular weight is 353 g/mol. The normalized spacial score (nSPS) is 10.5. The van der Waals surface area contributed by atoms with Crippen molar-refractivity contribution in [1.29, 1.82) is 0 Å². The molecule has 0 fully saturated rings. The molecule has 1 N–H and O–H groups in total. The topological polar surface area (TPSA) is 46.9 Å². The lowest BCUT2D eigenvalue weighted by molar-refractivity contribution is 0.102. The van der Waals surface area contributed by atoms with Crippen molar-refractivity contribution < 1.29 is 4.79 Å². The minimum Gasteiger partial charge on any atom is -0.322 e. The van der Waals surface area contributed by atoms with Crippen LogP contribution in [0.2, 0.25) is 0 Å². The third kappa shape index (κ3) is 4.12. The fourth-order valence-electron chi connectivity index (χ4n) is 2.92. The van der Waals surface area contributed by atoms with Crippen LogP contribution < -0.4 is 5.32 Å². The number of hydrogen-bond acceptors (Lipinski definition) is 2. The average Bonchev–Trinajstić information content (AvgIpc) is 3.19. The van der Waals surface area contributed by atoms with Crippen LogP contribution in [0.3, 0.4) is 0 Å². The van der Waals surface area contributed by atoms with Gasteiger partial charge >= 0.3 is 0 Å². The van der Waals surface area contributed by atoms with Gasteiger partial charge in [0.2, 0.25) is 0 Å². The number of nitrogens with zero attached hydrogens (tertiary/aromatic N) is 2. The Morgan fingerprint density at radius 2 is 1.44 bits per heavy atom. The van der Waals surface area contributed by atoms with Gasteiger partial charge in [-0.25, -0.2) is 0 Å². The molecule has 0 aliphatic carbocycles. The lowest BCUT2D eigenvalue weighted by atomic mass is 10.1. The van der Waals surface area contributed by atoms with E-state index in [0.717, 1.165) is 22.4 Å². The zero-order chi connectivity index (χ0) is 18.5. The largest absolute Gasteiger partial charge is 0.322 e. The van der Waals surface area contributed by atoms with Crippen molar-refractivity contribution >= 4 is 11.6 Å². The second-order valence-corrected chi connectivity index (χ2v) is 6.31. The summed E-state index contributed by atoms with van der Waals surface area (Å²) in [5.41, 5.74) is 4.71. The second kappa shape index (κ2) is 7.70. The molecular weight excluding hydrogens is 334 g/mol. The SMILES string of the molecule is O=C(Nc1ccc(-c2ccccc2)cc1)c1cnn(Cc2ccccc2)c1. The maximum Gasteiger partial charge on any atom is 0.258 e. The molecule has 1 amide bonds. The minimum absolute atomic E-state index is 0.165. The summed E-state index contributed by atoms with van der Waals surface area (Å²) in [5, 5.41) is 7.21. The molecule has 0 unspecified atom stereocenters. The predicted molar refractivity (Wildman–Crippen MR) is 108 cm³/mol. The number of carbonyl (C=O) groups excluding carboxylic acids is 1. The van der Waals surface area contributed by atoms with E-state index in [-0.39, 0.29) is 5.91 Å². The Kier molecular flexibility index (Phi) is 4.79. The first-order valence-electron chi connectivity index (χ1n) is 8.81. The summed E-state index contributed by atoms with van der Waals surface area (Å²) in [6.45, 7) is 0.639. The Balaban J connectivity index is 1.42. The first kappa shape index (κ1) is 16.8. The van der Waals surface area contributed by atoms with Crippen molar-refractivity contribution in [2.24, 2.45) is 0 Å². The van der Waals surface area contributed by atoms with Gasteiger partial charge in [-0.3, -0.25) is 9.48 Å². The van der Waals surface area contributed by atoms with Gasteiger partial charge in [0, 0.05) is 11.9 Å². The molecule has 0 radical (unpaired) electrons. The van der Waals surface area contributed by atoms with Crippen LogP contribution in [0.4, 0.5) is 5.69 Å². The smallest absolute Gasteiger partial charge is 0.258 e. The van der Waals surface area contributed by atoms with Crippen molar-refractivity contribution in [2.75, 3.05) is 5.32 Å². The zero-order valence-corrected chi connectivity index (χ0v) is 14.7. The summed E-state index contributed by atoms with van der Waals surface area (Å²) < 4.78 is 1.77. The monoisotopic (exact) mass is 353 g/mol. The van der Waals surface area contributed by atoms with Gasteiger partial charge in [0.15, 0.2) is 0 Å². The molecule has 4 rings (SSSR count). The van der Waals surface area contributed by atoms with Crippen LogP contribution in [-0.4, -0.2) is 15.7 Å². The number of amides is 1. The van der Waals surface area contributed by atoms with Crippen molar-refractivity contribution in [3.63, 3.8) is 0 Å². The highest BCUT2D eigenvalue weighted by molar-refractivity contribution is 6.04. The lowest BCUT2D eigenvalue weighted by Gasteiger charge is -2.06. The minimum atomic E-state index is -0.165. The molecule has 1 heterocycles. The van der Waals surface area contributed by atoms with E-state index >= 15 is 0 Å². The van der Waals surface area contributed by atoms with Crippen molar-refractivity contribution in [3.05, 3.63) is 108 Å². The van der Waals surface area contributed by atoms with Crippen LogP contribution >= 0.6 is 0 Å². The molecule has 132 valence electrons. The number of aromatic nitrogens is 2. The Labute approximate surface area is 158 Å². The van der Waals surface area contributed by atoms with E-state index in [2.05, 4.69) is 22.5 Å². The van der Waals surface area contributed by atoms with Crippen LogP contribution in [0.15, 0.2) is 97.3 Å². The fourth-order valence-corrected chi connectivity index (χ4v) is 2.92. The number of hydrogen-bond donors (Lipinski definition) is 1. The van der Waals surface area contributed by atoms with Crippen molar-refractivity contribution in [1.82, 2.24) is 9.78 Å². The maximum absolute atomic E-state index is 12.5. The van der Waals surface area contributed by atoms with E-state index in [1.807, 2.05) is 72.8 Å². The quantitative estimate of drug-likeness (QED) is 0.557. The summed E-state index contributed by atoms with van der Waals surface area (Å²) in [5.74, 6) is -0.165. The molecular formula is C23H19N3O. The summed E-state index contributed by atoms with van der Waals surface area (Å²) in [7, 11) is 0. The summed E-state index contributed by atoms with van der Waals surface area (Å²) in [4.78, 5) is 12.5. The Morgan fingerprint density at radius 1 is 0.815 bits per heavy atom. The second-order valence-electron chi connectivity index (χ2n) is 6.31. The molecule has 27 heavy (non-hydrogen) atoms. The van der Waals surface area contributed by atoms with Gasteiger partial charge in [0.25, 0.3) is 5.91 Å². The molecule has 4 aromatic rings. The van der Waals surface area contributed by atoms with Gasteiger partial charge in [-0.1, -0.05) is 72.8 Å². The highest BCUT2D eigenvalue weighted by Gasteiger charge is 2.09. The number of benzene rings is 3. The molecule has 0 bridgehead atoms. The van der Waals surface area contributed by atoms with Crippen molar-refractivity contribution in [3.8, 4) is 11.1 Å². The molecule has 4 nitrogen and oxygen atoms in total. The Morgan fingerprint density at radius 3 is 2.15 bits per heavy atom. The third-order valence-electron chi connectivity index (χ3n) is 4.33. The van der Waals surface area contributed by atoms with Crippen LogP contribution in [0, 0.1) is 0 Å².